The van der Waals surface area contributed by atoms with E-state index in [0.717, 1.165) is 16.9 Å². The molecule has 0 aliphatic rings. The number of rotatable bonds is 5. The zero-order chi connectivity index (χ0) is 14.6. The fraction of sp³-hybridized carbons (Fsp3) is 0.235. The van der Waals surface area contributed by atoms with Gasteiger partial charge in [-0.25, -0.2) is 0 Å². The van der Waals surface area contributed by atoms with E-state index >= 15 is 0 Å². The first-order chi connectivity index (χ1) is 9.47. The minimum Gasteiger partial charge on any atom is -0.369 e. The third-order valence-electron chi connectivity index (χ3n) is 3.33. The maximum Gasteiger partial charge on any atom is 0.223 e. The number of benzene rings is 2. The van der Waals surface area contributed by atoms with Crippen LogP contribution in [0.15, 0.2) is 54.6 Å². The maximum atomic E-state index is 11.3. The molecule has 0 saturated carbocycles. The Bertz CT molecular complexity index is 574. The first-order valence-corrected chi connectivity index (χ1v) is 6.68. The second kappa shape index (κ2) is 5.78. The van der Waals surface area contributed by atoms with Gasteiger partial charge in [0.05, 0.1) is 0 Å². The molecule has 1 amide bonds. The van der Waals surface area contributed by atoms with Crippen LogP contribution in [0.3, 0.4) is 0 Å². The third-order valence-corrected chi connectivity index (χ3v) is 3.33. The minimum atomic E-state index is -0.519. The van der Waals surface area contributed by atoms with Gasteiger partial charge in [-0.15, -0.1) is 0 Å². The van der Waals surface area contributed by atoms with E-state index < -0.39 is 5.41 Å². The summed E-state index contributed by atoms with van der Waals surface area (Å²) in [6, 6.07) is 18.1. The van der Waals surface area contributed by atoms with Crippen molar-refractivity contribution >= 4 is 17.3 Å². The SMILES string of the molecule is CC(C)(Cc1ccc(Nc2ccccc2)cc1)C(N)=O. The molecule has 104 valence electrons. The molecule has 0 aliphatic carbocycles. The summed E-state index contributed by atoms with van der Waals surface area (Å²) in [6.45, 7) is 3.73. The molecule has 0 atom stereocenters. The zero-order valence-electron chi connectivity index (χ0n) is 11.9. The fourth-order valence-corrected chi connectivity index (χ4v) is 1.99. The summed E-state index contributed by atoms with van der Waals surface area (Å²) in [6.07, 6.45) is 0.647. The smallest absolute Gasteiger partial charge is 0.223 e. The number of carbonyl (C=O) groups is 1. The van der Waals surface area contributed by atoms with Crippen LogP contribution >= 0.6 is 0 Å². The lowest BCUT2D eigenvalue weighted by Crippen LogP contribution is -2.33. The van der Waals surface area contributed by atoms with Gasteiger partial charge in [0.15, 0.2) is 0 Å². The number of hydrogen-bond acceptors (Lipinski definition) is 2. The van der Waals surface area contributed by atoms with Crippen LogP contribution in [0.2, 0.25) is 0 Å². The lowest BCUT2D eigenvalue weighted by Gasteiger charge is -2.20. The first kappa shape index (κ1) is 14.1. The highest BCUT2D eigenvalue weighted by Gasteiger charge is 2.24. The third kappa shape index (κ3) is 3.60. The predicted molar refractivity (Wildman–Crippen MR) is 82.8 cm³/mol. The van der Waals surface area contributed by atoms with E-state index in [1.54, 1.807) is 0 Å². The maximum absolute atomic E-state index is 11.3. The van der Waals surface area contributed by atoms with Crippen LogP contribution in [-0.4, -0.2) is 5.91 Å². The van der Waals surface area contributed by atoms with Crippen molar-refractivity contribution in [3.63, 3.8) is 0 Å². The average Bonchev–Trinajstić information content (AvgIpc) is 2.42. The van der Waals surface area contributed by atoms with Gasteiger partial charge in [-0.2, -0.15) is 0 Å². The molecule has 3 N–H and O–H groups in total. The molecule has 0 bridgehead atoms. The monoisotopic (exact) mass is 268 g/mol. The number of nitrogens with one attached hydrogen (secondary N) is 1. The molecule has 0 saturated heterocycles. The Balaban J connectivity index is 2.05. The van der Waals surface area contributed by atoms with Crippen LogP contribution in [0, 0.1) is 5.41 Å². The summed E-state index contributed by atoms with van der Waals surface area (Å²) in [4.78, 5) is 11.3. The summed E-state index contributed by atoms with van der Waals surface area (Å²) in [5, 5.41) is 3.33. The number of carbonyl (C=O) groups excluding carboxylic acids is 1. The molecule has 2 aromatic carbocycles. The Labute approximate surface area is 119 Å². The van der Waals surface area contributed by atoms with Gasteiger partial charge in [-0.1, -0.05) is 44.2 Å². The molecule has 2 rings (SSSR count). The van der Waals surface area contributed by atoms with Gasteiger partial charge >= 0.3 is 0 Å². The quantitative estimate of drug-likeness (QED) is 0.872. The Morgan fingerprint density at radius 3 is 2.10 bits per heavy atom. The summed E-state index contributed by atoms with van der Waals surface area (Å²) in [5.41, 5.74) is 8.06. The van der Waals surface area contributed by atoms with Crippen molar-refractivity contribution in [1.82, 2.24) is 0 Å². The predicted octanol–water partition coefficient (Wildman–Crippen LogP) is 3.48. The van der Waals surface area contributed by atoms with Gasteiger partial charge < -0.3 is 11.1 Å². The standard InChI is InChI=1S/C17H20N2O/c1-17(2,16(18)20)12-13-8-10-15(11-9-13)19-14-6-4-3-5-7-14/h3-11,19H,12H2,1-2H3,(H2,18,20). The number of nitrogens with two attached hydrogens (primary N) is 1. The van der Waals surface area contributed by atoms with Crippen LogP contribution in [0.4, 0.5) is 11.4 Å². The van der Waals surface area contributed by atoms with Crippen LogP contribution in [0.1, 0.15) is 19.4 Å². The molecule has 20 heavy (non-hydrogen) atoms. The molecule has 0 heterocycles. The molecule has 0 fully saturated rings. The molecule has 3 heteroatoms. The van der Waals surface area contributed by atoms with Crippen molar-refractivity contribution in [3.8, 4) is 0 Å². The van der Waals surface area contributed by atoms with Crippen LogP contribution in [-0.2, 0) is 11.2 Å². The van der Waals surface area contributed by atoms with Crippen molar-refractivity contribution in [2.45, 2.75) is 20.3 Å². The Hall–Kier alpha value is -2.29. The highest BCUT2D eigenvalue weighted by atomic mass is 16.1. The number of para-hydroxylation sites is 1. The van der Waals surface area contributed by atoms with Gasteiger partial charge in [-0.3, -0.25) is 4.79 Å². The molecule has 3 nitrogen and oxygen atoms in total. The van der Waals surface area contributed by atoms with Gasteiger partial charge in [0.2, 0.25) is 5.91 Å². The van der Waals surface area contributed by atoms with E-state index in [1.807, 2.05) is 68.4 Å². The van der Waals surface area contributed by atoms with Crippen molar-refractivity contribution in [2.24, 2.45) is 11.1 Å². The van der Waals surface area contributed by atoms with Gasteiger partial charge in [0, 0.05) is 16.8 Å². The molecule has 0 aromatic heterocycles. The summed E-state index contributed by atoms with van der Waals surface area (Å²) < 4.78 is 0. The minimum absolute atomic E-state index is 0.274. The summed E-state index contributed by atoms with van der Waals surface area (Å²) in [5.74, 6) is -0.274. The second-order valence-electron chi connectivity index (χ2n) is 5.61. The Morgan fingerprint density at radius 1 is 1.00 bits per heavy atom. The summed E-state index contributed by atoms with van der Waals surface area (Å²) in [7, 11) is 0. The Kier molecular flexibility index (Phi) is 4.08. The molecular weight excluding hydrogens is 248 g/mol. The van der Waals surface area contributed by atoms with Crippen LogP contribution in [0.5, 0.6) is 0 Å². The van der Waals surface area contributed by atoms with Crippen LogP contribution < -0.4 is 11.1 Å². The summed E-state index contributed by atoms with van der Waals surface area (Å²) >= 11 is 0. The number of primary amides is 1. The zero-order valence-corrected chi connectivity index (χ0v) is 11.9. The van der Waals surface area contributed by atoms with Crippen LogP contribution in [0.25, 0.3) is 0 Å². The van der Waals surface area contributed by atoms with Crippen molar-refractivity contribution in [3.05, 3.63) is 60.2 Å². The van der Waals surface area contributed by atoms with Gasteiger partial charge in [0.1, 0.15) is 0 Å². The van der Waals surface area contributed by atoms with E-state index in [9.17, 15) is 4.79 Å². The van der Waals surface area contributed by atoms with E-state index in [-0.39, 0.29) is 5.91 Å². The molecule has 0 unspecified atom stereocenters. The number of anilines is 2. The molecular formula is C17H20N2O. The van der Waals surface area contributed by atoms with Gasteiger partial charge in [0.25, 0.3) is 0 Å². The van der Waals surface area contributed by atoms with Crippen molar-refractivity contribution < 1.29 is 4.79 Å². The molecule has 2 aromatic rings. The van der Waals surface area contributed by atoms with Gasteiger partial charge in [-0.05, 0) is 36.2 Å². The van der Waals surface area contributed by atoms with E-state index in [1.165, 1.54) is 0 Å². The highest BCUT2D eigenvalue weighted by molar-refractivity contribution is 5.80. The number of hydrogen-bond donors (Lipinski definition) is 2. The topological polar surface area (TPSA) is 55.1 Å². The average molecular weight is 268 g/mol. The molecule has 0 spiro atoms. The lowest BCUT2D eigenvalue weighted by molar-refractivity contribution is -0.125. The van der Waals surface area contributed by atoms with E-state index in [2.05, 4.69) is 5.32 Å². The number of amides is 1. The second-order valence-corrected chi connectivity index (χ2v) is 5.61. The first-order valence-electron chi connectivity index (χ1n) is 6.68. The normalized spacial score (nSPS) is 11.1. The lowest BCUT2D eigenvalue weighted by atomic mass is 9.85. The fourth-order valence-electron chi connectivity index (χ4n) is 1.99. The van der Waals surface area contributed by atoms with E-state index in [4.69, 9.17) is 5.73 Å². The molecule has 0 aliphatic heterocycles. The highest BCUT2D eigenvalue weighted by Crippen LogP contribution is 2.23. The Morgan fingerprint density at radius 2 is 1.55 bits per heavy atom. The van der Waals surface area contributed by atoms with Crippen molar-refractivity contribution in [2.75, 3.05) is 5.32 Å². The molecule has 0 radical (unpaired) electrons. The largest absolute Gasteiger partial charge is 0.369 e. The van der Waals surface area contributed by atoms with Crippen molar-refractivity contribution in [1.29, 1.82) is 0 Å². The van der Waals surface area contributed by atoms with E-state index in [0.29, 0.717) is 6.42 Å².